The van der Waals surface area contributed by atoms with Gasteiger partial charge in [0.15, 0.2) is 0 Å². The molecule has 18 heteroatoms. The number of carbonyl (C=O) groups excluding carboxylic acids is 1. The molecule has 0 amide bonds. The molecule has 8 aliphatic rings. The SMILES string of the molecule is C=C(C)C(=O)O.C=C(C)C(=O)OC.FC(F)(F)C1(C(F)(F)F)OC2C3CC4C2C4C31.FC(F)(F)C1(C(F)(F)F)OC2C3CCC(C3)C21. The van der Waals surface area contributed by atoms with Crippen LogP contribution in [-0.2, 0) is 23.8 Å². The van der Waals surface area contributed by atoms with Gasteiger partial charge in [0.1, 0.15) is 0 Å². The van der Waals surface area contributed by atoms with Crippen LogP contribution < -0.4 is 0 Å². The first-order chi connectivity index (χ1) is 21.2. The van der Waals surface area contributed by atoms with Crippen molar-refractivity contribution in [2.45, 2.75) is 87.6 Å². The molecule has 0 radical (unpaired) electrons. The summed E-state index contributed by atoms with van der Waals surface area (Å²) in [6.07, 6.45) is -21.1. The smallest absolute Gasteiger partial charge is 0.426 e. The number of ether oxygens (including phenoxy) is 3. The summed E-state index contributed by atoms with van der Waals surface area (Å²) in [7, 11) is 1.33. The summed E-state index contributed by atoms with van der Waals surface area (Å²) in [5.41, 5.74) is -7.18. The second-order valence-electron chi connectivity index (χ2n) is 13.1. The number of halogens is 12. The topological polar surface area (TPSA) is 82.1 Å². The third-order valence-electron chi connectivity index (χ3n) is 10.5. The van der Waals surface area contributed by atoms with Gasteiger partial charge in [0.2, 0.25) is 0 Å². The van der Waals surface area contributed by atoms with E-state index in [1.165, 1.54) is 14.0 Å². The van der Waals surface area contributed by atoms with Crippen molar-refractivity contribution in [2.75, 3.05) is 7.11 Å². The van der Waals surface area contributed by atoms with Gasteiger partial charge in [0.05, 0.1) is 19.3 Å². The van der Waals surface area contributed by atoms with E-state index >= 15 is 0 Å². The lowest BCUT2D eigenvalue weighted by Gasteiger charge is -2.56. The Hall–Kier alpha value is -2.50. The largest absolute Gasteiger partial charge is 0.478 e. The first-order valence-electron chi connectivity index (χ1n) is 14.5. The zero-order valence-corrected chi connectivity index (χ0v) is 25.0. The van der Waals surface area contributed by atoms with Crippen molar-refractivity contribution in [1.82, 2.24) is 0 Å². The van der Waals surface area contributed by atoms with Crippen molar-refractivity contribution < 1.29 is 81.6 Å². The molecular formula is C29H32F12O6. The predicted molar refractivity (Wildman–Crippen MR) is 135 cm³/mol. The van der Waals surface area contributed by atoms with Crippen LogP contribution in [0.15, 0.2) is 24.3 Å². The fraction of sp³-hybridized carbons (Fsp3) is 0.793. The number of methoxy groups -OCH3 is 1. The molecule has 10 atom stereocenters. The normalized spacial score (nSPS) is 37.1. The van der Waals surface area contributed by atoms with Gasteiger partial charge in [-0.15, -0.1) is 0 Å². The zero-order valence-electron chi connectivity index (χ0n) is 25.0. The van der Waals surface area contributed by atoms with Gasteiger partial charge >= 0.3 is 36.6 Å². The minimum absolute atomic E-state index is 0.0252. The van der Waals surface area contributed by atoms with E-state index in [-0.39, 0.29) is 29.3 Å². The molecule has 10 unspecified atom stereocenters. The molecule has 47 heavy (non-hydrogen) atoms. The lowest BCUT2D eigenvalue weighted by Crippen LogP contribution is -2.75. The molecule has 2 aliphatic heterocycles. The summed E-state index contributed by atoms with van der Waals surface area (Å²) in [6, 6.07) is 0. The van der Waals surface area contributed by atoms with Gasteiger partial charge in [-0.25, -0.2) is 9.59 Å². The van der Waals surface area contributed by atoms with Crippen LogP contribution in [0.5, 0.6) is 0 Å². The molecule has 6 nitrogen and oxygen atoms in total. The number of rotatable bonds is 2. The molecule has 2 saturated heterocycles. The van der Waals surface area contributed by atoms with Gasteiger partial charge in [-0.2, -0.15) is 52.7 Å². The van der Waals surface area contributed by atoms with Crippen molar-refractivity contribution >= 4 is 11.9 Å². The van der Waals surface area contributed by atoms with E-state index in [1.54, 1.807) is 6.92 Å². The van der Waals surface area contributed by atoms with Gasteiger partial charge in [0, 0.05) is 23.0 Å². The Kier molecular flexibility index (Phi) is 9.17. The maximum atomic E-state index is 12.9. The van der Waals surface area contributed by atoms with Crippen LogP contribution in [0.2, 0.25) is 0 Å². The van der Waals surface area contributed by atoms with E-state index in [2.05, 4.69) is 27.4 Å². The molecule has 268 valence electrons. The van der Waals surface area contributed by atoms with E-state index in [1.807, 2.05) is 0 Å². The average Bonchev–Trinajstić information content (AvgIpc) is 3.47. The van der Waals surface area contributed by atoms with Crippen molar-refractivity contribution in [3.8, 4) is 0 Å². The van der Waals surface area contributed by atoms with Gasteiger partial charge in [0.25, 0.3) is 11.2 Å². The van der Waals surface area contributed by atoms with E-state index in [4.69, 9.17) is 5.11 Å². The molecule has 8 bridgehead atoms. The molecule has 0 aromatic heterocycles. The number of carboxylic acid groups (broad SMARTS) is 1. The van der Waals surface area contributed by atoms with Crippen LogP contribution in [0.1, 0.15) is 39.5 Å². The first kappa shape index (κ1) is 37.3. The Morgan fingerprint density at radius 2 is 1.11 bits per heavy atom. The molecule has 6 saturated carbocycles. The number of esters is 1. The number of carboxylic acids is 1. The summed E-state index contributed by atoms with van der Waals surface area (Å²) in [6.45, 7) is 9.56. The highest BCUT2D eigenvalue weighted by atomic mass is 19.4. The van der Waals surface area contributed by atoms with E-state index in [0.717, 1.165) is 0 Å². The highest BCUT2D eigenvalue weighted by Crippen LogP contribution is 2.83. The second-order valence-corrected chi connectivity index (χ2v) is 13.1. The number of aliphatic carboxylic acids is 1. The number of fused-ring (bicyclic) bond motifs is 5. The number of alkyl halides is 12. The highest BCUT2D eigenvalue weighted by molar-refractivity contribution is 5.86. The molecule has 8 fully saturated rings. The number of hydrogen-bond acceptors (Lipinski definition) is 5. The van der Waals surface area contributed by atoms with Gasteiger partial charge in [-0.1, -0.05) is 13.2 Å². The molecule has 8 rings (SSSR count). The predicted octanol–water partition coefficient (Wildman–Crippen LogP) is 7.44. The third kappa shape index (κ3) is 5.52. The Morgan fingerprint density at radius 1 is 0.681 bits per heavy atom. The summed E-state index contributed by atoms with van der Waals surface area (Å²) in [5, 5.41) is 7.89. The Labute approximate surface area is 260 Å². The summed E-state index contributed by atoms with van der Waals surface area (Å²) < 4.78 is 167. The summed E-state index contributed by atoms with van der Waals surface area (Å²) in [5.74, 6) is -5.58. The van der Waals surface area contributed by atoms with Crippen LogP contribution in [0.4, 0.5) is 52.7 Å². The van der Waals surface area contributed by atoms with Crippen LogP contribution in [0.25, 0.3) is 0 Å². The van der Waals surface area contributed by atoms with Crippen LogP contribution in [-0.4, -0.2) is 72.3 Å². The van der Waals surface area contributed by atoms with Crippen molar-refractivity contribution in [3.63, 3.8) is 0 Å². The highest BCUT2D eigenvalue weighted by Gasteiger charge is 2.92. The minimum Gasteiger partial charge on any atom is -0.478 e. The van der Waals surface area contributed by atoms with E-state index < -0.39 is 83.7 Å². The lowest BCUT2D eigenvalue weighted by molar-refractivity contribution is -0.470. The first-order valence-corrected chi connectivity index (χ1v) is 14.5. The fourth-order valence-electron chi connectivity index (χ4n) is 8.82. The average molecular weight is 705 g/mol. The molecule has 2 heterocycles. The number of hydrogen-bond donors (Lipinski definition) is 1. The lowest BCUT2D eigenvalue weighted by atomic mass is 9.68. The molecule has 1 N–H and O–H groups in total. The van der Waals surface area contributed by atoms with Crippen LogP contribution >= 0.6 is 0 Å². The molecule has 0 aromatic carbocycles. The maximum Gasteiger partial charge on any atom is 0.426 e. The van der Waals surface area contributed by atoms with Crippen molar-refractivity contribution in [3.05, 3.63) is 24.3 Å². The van der Waals surface area contributed by atoms with Crippen LogP contribution in [0.3, 0.4) is 0 Å². The molecule has 6 aliphatic carbocycles. The zero-order chi connectivity index (χ0) is 36.0. The van der Waals surface area contributed by atoms with E-state index in [9.17, 15) is 62.3 Å². The van der Waals surface area contributed by atoms with Crippen LogP contribution in [0, 0.1) is 47.3 Å². The number of carbonyl (C=O) groups is 2. The Morgan fingerprint density at radius 3 is 1.40 bits per heavy atom. The monoisotopic (exact) mass is 704 g/mol. The van der Waals surface area contributed by atoms with Gasteiger partial charge < -0.3 is 19.3 Å². The molecular weight excluding hydrogens is 672 g/mol. The third-order valence-corrected chi connectivity index (χ3v) is 10.5. The minimum atomic E-state index is -5.38. The second kappa shape index (κ2) is 11.5. The van der Waals surface area contributed by atoms with Crippen molar-refractivity contribution in [2.24, 2.45) is 47.3 Å². The van der Waals surface area contributed by atoms with Crippen molar-refractivity contribution in [1.29, 1.82) is 0 Å². The summed E-state index contributed by atoms with van der Waals surface area (Å²) in [4.78, 5) is 19.8. The van der Waals surface area contributed by atoms with E-state index in [0.29, 0.717) is 31.3 Å². The quantitative estimate of drug-likeness (QED) is 0.183. The molecule has 0 spiro atoms. The summed E-state index contributed by atoms with van der Waals surface area (Å²) >= 11 is 0. The standard InChI is InChI=1S/C10H8F6O.C10H10F6O.C5H8O2.C4H6O2/c11-9(12,13)8(10(14,15)16)6-3-1-2-4(6)5(2)7(3)17-8;11-9(12,13)8(10(14,15)16)6-4-1-2-5(3-4)7(6)17-8;1-4(2)5(6)7-3;1-3(2)4(5)6/h2-7H,1H2;4-7H,1-3H2;1H2,2-3H3;1H2,2H3,(H,5,6). The van der Waals surface area contributed by atoms with Gasteiger partial charge in [-0.3, -0.25) is 0 Å². The maximum absolute atomic E-state index is 12.9. The fourth-order valence-corrected chi connectivity index (χ4v) is 8.82. The molecule has 0 aromatic rings. The Bertz CT molecular complexity index is 1240. The Balaban J connectivity index is 0.000000157. The van der Waals surface area contributed by atoms with Gasteiger partial charge in [-0.05, 0) is 75.0 Å².